The van der Waals surface area contributed by atoms with E-state index in [1.165, 1.54) is 6.08 Å². The third kappa shape index (κ3) is 16.6. The van der Waals surface area contributed by atoms with E-state index < -0.39 is 44.2 Å². The summed E-state index contributed by atoms with van der Waals surface area (Å²) in [6.45, 7) is 13.2. The zero-order chi connectivity index (χ0) is 39.5. The Hall–Kier alpha value is -4.67. The molecule has 3 rings (SSSR count). The number of benzene rings is 3. The van der Waals surface area contributed by atoms with Crippen molar-refractivity contribution < 1.29 is 38.1 Å². The number of amides is 1. The van der Waals surface area contributed by atoms with Gasteiger partial charge in [-0.1, -0.05) is 113 Å². The maximum absolute atomic E-state index is 13.7. The summed E-state index contributed by atoms with van der Waals surface area (Å²) in [4.78, 5) is 40.2. The molecule has 0 radical (unpaired) electrons. The second-order valence-corrected chi connectivity index (χ2v) is 20.7. The molecule has 1 unspecified atom stereocenters. The first-order valence-corrected chi connectivity index (χ1v) is 22.4. The number of ether oxygens (including phenoxy) is 5. The highest BCUT2D eigenvalue weighted by Crippen LogP contribution is 2.21. The highest BCUT2D eigenvalue weighted by Gasteiger charge is 2.28. The van der Waals surface area contributed by atoms with Crippen LogP contribution in [0.5, 0.6) is 11.5 Å². The fraction of sp³-hybridized carbons (Fsp3) is 0.432. The maximum atomic E-state index is 13.7. The van der Waals surface area contributed by atoms with E-state index in [4.69, 9.17) is 23.7 Å². The summed E-state index contributed by atoms with van der Waals surface area (Å²) in [5.41, 5.74) is 2.78. The van der Waals surface area contributed by atoms with E-state index in [0.29, 0.717) is 18.8 Å². The average Bonchev–Trinajstić information content (AvgIpc) is 3.15. The zero-order valence-electron chi connectivity index (χ0n) is 33.2. The molecule has 0 aliphatic rings. The molecule has 0 saturated carbocycles. The van der Waals surface area contributed by atoms with E-state index in [9.17, 15) is 14.4 Å². The maximum Gasteiger partial charge on any atom is 0.335 e. The molecule has 0 aliphatic heterocycles. The first kappa shape index (κ1) is 43.7. The molecule has 292 valence electrons. The number of hydrogen-bond donors (Lipinski definition) is 1. The summed E-state index contributed by atoms with van der Waals surface area (Å²) >= 11 is 0. The molecule has 0 bridgehead atoms. The van der Waals surface area contributed by atoms with Crippen molar-refractivity contribution in [1.29, 1.82) is 0 Å². The number of rotatable bonds is 22. The zero-order valence-corrected chi connectivity index (χ0v) is 34.2. The fourth-order valence-electron chi connectivity index (χ4n) is 5.40. The molecular weight excluding hydrogens is 699 g/mol. The van der Waals surface area contributed by atoms with E-state index in [1.807, 2.05) is 112 Å². The quantitative estimate of drug-likeness (QED) is 0.0618. The molecule has 3 aromatic carbocycles. The van der Waals surface area contributed by atoms with Crippen LogP contribution in [0.2, 0.25) is 25.7 Å². The van der Waals surface area contributed by atoms with Crippen molar-refractivity contribution in [3.63, 3.8) is 0 Å². The highest BCUT2D eigenvalue weighted by molar-refractivity contribution is 6.76. The Kier molecular flexibility index (Phi) is 18.2. The Labute approximate surface area is 323 Å². The number of carbonyl (C=O) groups excluding carboxylic acids is 3. The van der Waals surface area contributed by atoms with Crippen LogP contribution in [0, 0.1) is 11.8 Å². The Morgan fingerprint density at radius 1 is 0.796 bits per heavy atom. The Morgan fingerprint density at radius 2 is 1.41 bits per heavy atom. The average molecular weight is 758 g/mol. The van der Waals surface area contributed by atoms with Gasteiger partial charge in [0.15, 0.2) is 6.10 Å². The molecule has 0 spiro atoms. The lowest BCUT2D eigenvalue weighted by atomic mass is 9.99. The van der Waals surface area contributed by atoms with Crippen molar-refractivity contribution in [2.75, 3.05) is 20.8 Å². The lowest BCUT2D eigenvalue weighted by Gasteiger charge is -2.25. The third-order valence-corrected chi connectivity index (χ3v) is 10.4. The molecule has 0 fully saturated rings. The minimum absolute atomic E-state index is 0.184. The normalized spacial score (nSPS) is 14.0. The van der Waals surface area contributed by atoms with Crippen LogP contribution in [0.1, 0.15) is 50.3 Å². The first-order valence-electron chi connectivity index (χ1n) is 18.7. The highest BCUT2D eigenvalue weighted by atomic mass is 28.3. The molecule has 0 heterocycles. The SMILES string of the molecule is COc1ccc(COC(CC(C)C)C(=O)O[C@@H](C/C=C/C(=O)N[C@@H](Cc2ccc(OC)cc2)C(=O)OCC[Si](C)(C)C)[C@@H](C)/C=C/c2ccccc2)cc1. The Morgan fingerprint density at radius 3 is 1.98 bits per heavy atom. The van der Waals surface area contributed by atoms with Crippen LogP contribution in [0.25, 0.3) is 6.08 Å². The van der Waals surface area contributed by atoms with Gasteiger partial charge in [0.05, 0.1) is 27.4 Å². The van der Waals surface area contributed by atoms with Gasteiger partial charge in [0.25, 0.3) is 0 Å². The van der Waals surface area contributed by atoms with E-state index >= 15 is 0 Å². The van der Waals surface area contributed by atoms with Gasteiger partial charge in [0.1, 0.15) is 23.6 Å². The van der Waals surface area contributed by atoms with Crippen LogP contribution >= 0.6 is 0 Å². The molecule has 3 aromatic rings. The predicted octanol–water partition coefficient (Wildman–Crippen LogP) is 8.45. The second kappa shape index (κ2) is 22.5. The minimum Gasteiger partial charge on any atom is -0.497 e. The Bertz CT molecular complexity index is 1630. The van der Waals surface area contributed by atoms with Crippen molar-refractivity contribution in [1.82, 2.24) is 5.32 Å². The van der Waals surface area contributed by atoms with Crippen molar-refractivity contribution in [2.24, 2.45) is 11.8 Å². The predicted molar refractivity (Wildman–Crippen MR) is 217 cm³/mol. The van der Waals surface area contributed by atoms with E-state index in [-0.39, 0.29) is 31.3 Å². The number of hydrogen-bond acceptors (Lipinski definition) is 8. The van der Waals surface area contributed by atoms with Crippen LogP contribution in [-0.2, 0) is 41.6 Å². The largest absolute Gasteiger partial charge is 0.497 e. The molecule has 4 atom stereocenters. The van der Waals surface area contributed by atoms with Gasteiger partial charge >= 0.3 is 11.9 Å². The lowest BCUT2D eigenvalue weighted by molar-refractivity contribution is -0.166. The monoisotopic (exact) mass is 757 g/mol. The van der Waals surface area contributed by atoms with Gasteiger partial charge in [-0.2, -0.15) is 0 Å². The fourth-order valence-corrected chi connectivity index (χ4v) is 6.12. The van der Waals surface area contributed by atoms with Crippen LogP contribution in [0.15, 0.2) is 97.1 Å². The van der Waals surface area contributed by atoms with Gasteiger partial charge in [-0.05, 0) is 65.4 Å². The van der Waals surface area contributed by atoms with Gasteiger partial charge in [0.2, 0.25) is 5.91 Å². The van der Waals surface area contributed by atoms with Gasteiger partial charge in [-0.25, -0.2) is 9.59 Å². The number of methoxy groups -OCH3 is 2. The van der Waals surface area contributed by atoms with Gasteiger partial charge in [0, 0.05) is 26.8 Å². The first-order chi connectivity index (χ1) is 25.8. The standard InChI is InChI=1S/C44H59NO8Si/c1-32(2)29-41(52-31-36-21-25-38(50-5)26-22-36)44(48)53-40(33(3)17-18-34-13-10-9-11-14-34)15-12-16-42(46)45-39(43(47)51-27-28-54(6,7)8)30-35-19-23-37(49-4)24-20-35/h9-14,16-26,32-33,39-41H,15,27-31H2,1-8H3,(H,45,46)/b16-12+,18-17+/t33-,39-,40-,41?/m0/s1. The number of esters is 2. The van der Waals surface area contributed by atoms with Crippen molar-refractivity contribution in [2.45, 2.75) is 90.6 Å². The van der Waals surface area contributed by atoms with Crippen LogP contribution in [0.4, 0.5) is 0 Å². The van der Waals surface area contributed by atoms with E-state index in [1.54, 1.807) is 20.3 Å². The van der Waals surface area contributed by atoms with Crippen molar-refractivity contribution in [3.05, 3.63) is 114 Å². The smallest absolute Gasteiger partial charge is 0.335 e. The number of nitrogens with one attached hydrogen (secondary N) is 1. The summed E-state index contributed by atoms with van der Waals surface area (Å²) in [6, 6.07) is 24.7. The Balaban J connectivity index is 1.76. The molecule has 10 heteroatoms. The third-order valence-electron chi connectivity index (χ3n) is 8.74. The molecule has 9 nitrogen and oxygen atoms in total. The van der Waals surface area contributed by atoms with Gasteiger partial charge in [-0.15, -0.1) is 0 Å². The minimum atomic E-state index is -1.43. The molecule has 0 aromatic heterocycles. The van der Waals surface area contributed by atoms with Crippen LogP contribution < -0.4 is 14.8 Å². The summed E-state index contributed by atoms with van der Waals surface area (Å²) in [5.74, 6) is 0.0281. The summed E-state index contributed by atoms with van der Waals surface area (Å²) in [7, 11) is 1.77. The molecule has 0 aliphatic carbocycles. The lowest BCUT2D eigenvalue weighted by Crippen LogP contribution is -2.43. The molecular formula is C44H59NO8Si. The molecule has 1 amide bonds. The van der Waals surface area contributed by atoms with E-state index in [2.05, 4.69) is 25.0 Å². The molecule has 54 heavy (non-hydrogen) atoms. The summed E-state index contributed by atoms with van der Waals surface area (Å²) in [6.07, 6.45) is 6.68. The molecule has 1 N–H and O–H groups in total. The topological polar surface area (TPSA) is 109 Å². The summed E-state index contributed by atoms with van der Waals surface area (Å²) < 4.78 is 28.5. The van der Waals surface area contributed by atoms with Gasteiger partial charge in [-0.3, -0.25) is 4.79 Å². The van der Waals surface area contributed by atoms with Gasteiger partial charge < -0.3 is 29.0 Å². The summed E-state index contributed by atoms with van der Waals surface area (Å²) in [5, 5.41) is 2.84. The van der Waals surface area contributed by atoms with Crippen molar-refractivity contribution in [3.8, 4) is 11.5 Å². The van der Waals surface area contributed by atoms with Crippen LogP contribution in [0.3, 0.4) is 0 Å². The van der Waals surface area contributed by atoms with E-state index in [0.717, 1.165) is 28.5 Å². The number of carbonyl (C=O) groups is 3. The molecule has 0 saturated heterocycles. The second-order valence-electron chi connectivity index (χ2n) is 15.1. The van der Waals surface area contributed by atoms with Crippen LogP contribution in [-0.4, -0.2) is 65.0 Å². The van der Waals surface area contributed by atoms with Crippen molar-refractivity contribution >= 4 is 32.0 Å².